The summed E-state index contributed by atoms with van der Waals surface area (Å²) in [5, 5.41) is 4.11. The van der Waals surface area contributed by atoms with E-state index in [0.717, 1.165) is 42.1 Å². The van der Waals surface area contributed by atoms with Gasteiger partial charge in [0.1, 0.15) is 17.6 Å². The van der Waals surface area contributed by atoms with Gasteiger partial charge in [-0.3, -0.25) is 14.5 Å². The number of carbonyl (C=O) groups is 2. The number of H-pyrrole nitrogens is 1. The predicted octanol–water partition coefficient (Wildman–Crippen LogP) is 5.69. The van der Waals surface area contributed by atoms with E-state index >= 15 is 0 Å². The van der Waals surface area contributed by atoms with Crippen molar-refractivity contribution in [1.29, 1.82) is 0 Å². The van der Waals surface area contributed by atoms with E-state index in [-0.39, 0.29) is 24.3 Å². The minimum atomic E-state index is -0.965. The number of anilines is 1. The van der Waals surface area contributed by atoms with Gasteiger partial charge < -0.3 is 15.0 Å². The van der Waals surface area contributed by atoms with Crippen LogP contribution in [-0.4, -0.2) is 29.9 Å². The van der Waals surface area contributed by atoms with Crippen LogP contribution in [0, 0.1) is 5.82 Å². The van der Waals surface area contributed by atoms with Crippen LogP contribution < -0.4 is 15.0 Å². The van der Waals surface area contributed by atoms with Gasteiger partial charge >= 0.3 is 0 Å². The normalized spacial score (nSPS) is 14.4. The van der Waals surface area contributed by atoms with E-state index in [1.54, 1.807) is 43.5 Å². The molecule has 0 aliphatic heterocycles. The van der Waals surface area contributed by atoms with Crippen molar-refractivity contribution in [2.24, 2.45) is 0 Å². The first kappa shape index (κ1) is 24.6. The van der Waals surface area contributed by atoms with Crippen LogP contribution in [0.2, 0.25) is 0 Å². The van der Waals surface area contributed by atoms with E-state index in [4.69, 9.17) is 4.74 Å². The topological polar surface area (TPSA) is 74.4 Å². The van der Waals surface area contributed by atoms with Crippen LogP contribution in [-0.2, 0) is 16.0 Å². The number of hydrogen-bond acceptors (Lipinski definition) is 3. The van der Waals surface area contributed by atoms with Crippen LogP contribution in [0.15, 0.2) is 79.0 Å². The number of benzene rings is 3. The largest absolute Gasteiger partial charge is 0.497 e. The minimum Gasteiger partial charge on any atom is -0.497 e. The van der Waals surface area contributed by atoms with Crippen LogP contribution in [0.25, 0.3) is 10.9 Å². The average Bonchev–Trinajstić information content (AvgIpc) is 3.58. The molecule has 0 saturated heterocycles. The summed E-state index contributed by atoms with van der Waals surface area (Å²) in [5.74, 6) is -0.284. The standard InChI is InChI=1S/C30H30FN3O3/c1-37-25-16-14-24(15-17-25)34(28(35)18-21-19-32-27-9-5-4-8-26(21)27)29(20-10-12-22(31)13-11-20)30(36)33-23-6-2-3-7-23/h4-5,8-17,19,23,29,32H,2-3,6-7,18H2,1H3,(H,33,36)/t29-/m0/s1. The third-order valence-electron chi connectivity index (χ3n) is 7.03. The molecule has 0 radical (unpaired) electrons. The second-order valence-corrected chi connectivity index (χ2v) is 9.44. The number of amides is 2. The first-order valence-corrected chi connectivity index (χ1v) is 12.6. The monoisotopic (exact) mass is 499 g/mol. The zero-order valence-electron chi connectivity index (χ0n) is 20.7. The number of para-hydroxylation sites is 1. The van der Waals surface area contributed by atoms with Crippen molar-refractivity contribution in [2.45, 2.75) is 44.2 Å². The number of ether oxygens (including phenoxy) is 1. The number of carbonyl (C=O) groups excluding carboxylic acids is 2. The van der Waals surface area contributed by atoms with Crippen LogP contribution in [0.1, 0.15) is 42.9 Å². The summed E-state index contributed by atoms with van der Waals surface area (Å²) in [7, 11) is 1.57. The number of rotatable bonds is 8. The Kier molecular flexibility index (Phi) is 7.21. The van der Waals surface area contributed by atoms with E-state index in [0.29, 0.717) is 17.0 Å². The van der Waals surface area contributed by atoms with Crippen molar-refractivity contribution < 1.29 is 18.7 Å². The number of fused-ring (bicyclic) bond motifs is 1. The Balaban J connectivity index is 1.56. The number of hydrogen-bond donors (Lipinski definition) is 2. The number of aromatic nitrogens is 1. The molecule has 1 heterocycles. The Labute approximate surface area is 215 Å². The first-order chi connectivity index (χ1) is 18.0. The Morgan fingerprint density at radius 3 is 2.43 bits per heavy atom. The van der Waals surface area contributed by atoms with Gasteiger partial charge in [-0.25, -0.2) is 4.39 Å². The fraction of sp³-hybridized carbons (Fsp3) is 0.267. The molecule has 1 aliphatic rings. The summed E-state index contributed by atoms with van der Waals surface area (Å²) < 4.78 is 19.2. The molecule has 1 aliphatic carbocycles. The van der Waals surface area contributed by atoms with E-state index in [2.05, 4.69) is 10.3 Å². The molecular formula is C30H30FN3O3. The van der Waals surface area contributed by atoms with Gasteiger partial charge in [0.05, 0.1) is 13.5 Å². The van der Waals surface area contributed by atoms with E-state index < -0.39 is 11.9 Å². The maximum absolute atomic E-state index is 14.1. The molecule has 0 spiro atoms. The van der Waals surface area contributed by atoms with Crippen molar-refractivity contribution in [3.05, 3.63) is 95.9 Å². The van der Waals surface area contributed by atoms with Gasteiger partial charge in [-0.05, 0) is 66.4 Å². The third kappa shape index (κ3) is 5.35. The SMILES string of the molecule is COc1ccc(N(C(=O)Cc2c[nH]c3ccccc23)[C@H](C(=O)NC2CCCC2)c2ccc(F)cc2)cc1. The average molecular weight is 500 g/mol. The molecule has 1 aromatic heterocycles. The molecule has 4 aromatic rings. The van der Waals surface area contributed by atoms with Crippen LogP contribution in [0.3, 0.4) is 0 Å². The lowest BCUT2D eigenvalue weighted by atomic mass is 10.0. The first-order valence-electron chi connectivity index (χ1n) is 12.6. The molecule has 6 nitrogen and oxygen atoms in total. The van der Waals surface area contributed by atoms with Gasteiger partial charge in [-0.15, -0.1) is 0 Å². The number of nitrogens with zero attached hydrogens (tertiary/aromatic N) is 1. The summed E-state index contributed by atoms with van der Waals surface area (Å²) in [4.78, 5) is 32.6. The highest BCUT2D eigenvalue weighted by Crippen LogP contribution is 2.32. The van der Waals surface area contributed by atoms with Gasteiger partial charge in [-0.2, -0.15) is 0 Å². The summed E-state index contributed by atoms with van der Waals surface area (Å²) in [6.45, 7) is 0. The highest BCUT2D eigenvalue weighted by atomic mass is 19.1. The molecule has 1 fully saturated rings. The fourth-order valence-electron chi connectivity index (χ4n) is 5.12. The lowest BCUT2D eigenvalue weighted by molar-refractivity contribution is -0.127. The van der Waals surface area contributed by atoms with Crippen LogP contribution in [0.4, 0.5) is 10.1 Å². The molecule has 2 N–H and O–H groups in total. The quantitative estimate of drug-likeness (QED) is 0.327. The summed E-state index contributed by atoms with van der Waals surface area (Å²) in [6, 6.07) is 19.7. The van der Waals surface area contributed by atoms with E-state index in [1.807, 2.05) is 30.5 Å². The molecule has 1 saturated carbocycles. The van der Waals surface area contributed by atoms with Gasteiger partial charge in [0.25, 0.3) is 0 Å². The zero-order valence-corrected chi connectivity index (χ0v) is 20.7. The molecule has 2 amide bonds. The molecule has 0 bridgehead atoms. The van der Waals surface area contributed by atoms with Gasteiger partial charge in [0.15, 0.2) is 0 Å². The molecule has 190 valence electrons. The lowest BCUT2D eigenvalue weighted by Gasteiger charge is -2.32. The number of nitrogens with one attached hydrogen (secondary N) is 2. The van der Waals surface area contributed by atoms with E-state index in [9.17, 15) is 14.0 Å². The maximum atomic E-state index is 14.1. The van der Waals surface area contributed by atoms with E-state index in [1.165, 1.54) is 17.0 Å². The Morgan fingerprint density at radius 1 is 1.03 bits per heavy atom. The number of halogens is 1. The second-order valence-electron chi connectivity index (χ2n) is 9.44. The fourth-order valence-corrected chi connectivity index (χ4v) is 5.12. The van der Waals surface area contributed by atoms with Crippen molar-refractivity contribution >= 4 is 28.4 Å². The highest BCUT2D eigenvalue weighted by molar-refractivity contribution is 6.03. The molecular weight excluding hydrogens is 469 g/mol. The second kappa shape index (κ2) is 10.9. The van der Waals surface area contributed by atoms with Crippen molar-refractivity contribution in [2.75, 3.05) is 12.0 Å². The molecule has 0 unspecified atom stereocenters. The molecule has 3 aromatic carbocycles. The van der Waals surface area contributed by atoms with Crippen LogP contribution in [0.5, 0.6) is 5.75 Å². The Hall–Kier alpha value is -4.13. The van der Waals surface area contributed by atoms with Crippen molar-refractivity contribution in [1.82, 2.24) is 10.3 Å². The molecule has 37 heavy (non-hydrogen) atoms. The predicted molar refractivity (Wildman–Crippen MR) is 142 cm³/mol. The lowest BCUT2D eigenvalue weighted by Crippen LogP contribution is -2.46. The molecule has 7 heteroatoms. The summed E-state index contributed by atoms with van der Waals surface area (Å²) in [5.41, 5.74) is 2.88. The zero-order chi connectivity index (χ0) is 25.8. The number of aromatic amines is 1. The Morgan fingerprint density at radius 2 is 1.73 bits per heavy atom. The van der Waals surface area contributed by atoms with Gasteiger partial charge in [0, 0.05) is 28.8 Å². The van der Waals surface area contributed by atoms with Crippen molar-refractivity contribution in [3.8, 4) is 5.75 Å². The van der Waals surface area contributed by atoms with Gasteiger partial charge in [-0.1, -0.05) is 43.2 Å². The smallest absolute Gasteiger partial charge is 0.248 e. The Bertz CT molecular complexity index is 1380. The summed E-state index contributed by atoms with van der Waals surface area (Å²) in [6.07, 6.45) is 5.87. The summed E-state index contributed by atoms with van der Waals surface area (Å²) >= 11 is 0. The van der Waals surface area contributed by atoms with Gasteiger partial charge in [0.2, 0.25) is 11.8 Å². The molecule has 1 atom stereocenters. The van der Waals surface area contributed by atoms with Crippen LogP contribution >= 0.6 is 0 Å². The minimum absolute atomic E-state index is 0.0666. The van der Waals surface area contributed by atoms with Crippen molar-refractivity contribution in [3.63, 3.8) is 0 Å². The maximum Gasteiger partial charge on any atom is 0.248 e. The third-order valence-corrected chi connectivity index (χ3v) is 7.03. The molecule has 5 rings (SSSR count). The highest BCUT2D eigenvalue weighted by Gasteiger charge is 2.34. The number of methoxy groups -OCH3 is 1.